The third-order valence-electron chi connectivity index (χ3n) is 13.1. The second kappa shape index (κ2) is 38.0. The lowest BCUT2D eigenvalue weighted by Gasteiger charge is -2.22. The van der Waals surface area contributed by atoms with Crippen LogP contribution in [0.2, 0.25) is 0 Å². The third kappa shape index (κ3) is 28.8. The van der Waals surface area contributed by atoms with Crippen LogP contribution in [0.5, 0.6) is 5.75 Å². The van der Waals surface area contributed by atoms with Crippen LogP contribution in [0, 0.1) is 0 Å². The normalized spacial score (nSPS) is 17.8. The summed E-state index contributed by atoms with van der Waals surface area (Å²) in [5.74, 6) is -1.05. The zero-order valence-electron chi connectivity index (χ0n) is 44.2. The summed E-state index contributed by atoms with van der Waals surface area (Å²) in [4.78, 5) is 36.3. The number of nitrogens with one attached hydrogen (secondary N) is 3. The van der Waals surface area contributed by atoms with Gasteiger partial charge >= 0.3 is 6.09 Å². The van der Waals surface area contributed by atoms with E-state index < -0.39 is 42.1 Å². The van der Waals surface area contributed by atoms with E-state index >= 15 is 0 Å². The van der Waals surface area contributed by atoms with E-state index in [0.717, 1.165) is 82.6 Å². The molecule has 0 spiro atoms. The molecule has 17 heteroatoms. The smallest absolute Gasteiger partial charge is 0.407 e. The predicted molar refractivity (Wildman–Crippen MR) is 283 cm³/mol. The minimum absolute atomic E-state index is 0.0839. The quantitative estimate of drug-likeness (QED) is 0.0231. The van der Waals surface area contributed by atoms with Gasteiger partial charge in [-0.15, -0.1) is 11.6 Å². The van der Waals surface area contributed by atoms with Crippen LogP contribution in [0.3, 0.4) is 0 Å². The Kier molecular flexibility index (Phi) is 33.2. The van der Waals surface area contributed by atoms with Gasteiger partial charge in [0, 0.05) is 19.6 Å². The highest BCUT2D eigenvalue weighted by Gasteiger charge is 2.44. The number of halogens is 1. The molecule has 8 atom stereocenters. The highest BCUT2D eigenvalue weighted by Crippen LogP contribution is 2.36. The fourth-order valence-corrected chi connectivity index (χ4v) is 9.14. The zero-order valence-corrected chi connectivity index (χ0v) is 45.0. The molecular formula is C56H92ClN3O13. The number of carbonyl (C=O) groups is 3. The van der Waals surface area contributed by atoms with Crippen molar-refractivity contribution in [1.82, 2.24) is 16.0 Å². The summed E-state index contributed by atoms with van der Waals surface area (Å²) in [5.41, 5.74) is 1.45. The molecule has 2 aromatic carbocycles. The highest BCUT2D eigenvalue weighted by molar-refractivity contribution is 6.21. The summed E-state index contributed by atoms with van der Waals surface area (Å²) < 4.78 is 29.0. The number of rotatable bonds is 42. The van der Waals surface area contributed by atoms with Gasteiger partial charge < -0.3 is 65.2 Å². The maximum Gasteiger partial charge on any atom is 0.407 e. The Balaban J connectivity index is 1.13. The van der Waals surface area contributed by atoms with Gasteiger partial charge in [0.2, 0.25) is 11.8 Å². The molecule has 0 bridgehead atoms. The number of ether oxygens (including phenoxy) is 5. The second-order valence-electron chi connectivity index (χ2n) is 20.0. The largest absolute Gasteiger partial charge is 0.491 e. The summed E-state index contributed by atoms with van der Waals surface area (Å²) in [5, 5.41) is 58.6. The van der Waals surface area contributed by atoms with Crippen LogP contribution in [0.25, 0.3) is 0 Å². The van der Waals surface area contributed by atoms with Crippen molar-refractivity contribution in [2.24, 2.45) is 0 Å². The van der Waals surface area contributed by atoms with Crippen LogP contribution < -0.4 is 20.7 Å². The van der Waals surface area contributed by atoms with Crippen LogP contribution in [0.4, 0.5) is 4.79 Å². The van der Waals surface area contributed by atoms with E-state index in [0.29, 0.717) is 37.2 Å². The molecule has 1 heterocycles. The van der Waals surface area contributed by atoms with Gasteiger partial charge in [0.15, 0.2) is 5.79 Å². The Labute approximate surface area is 441 Å². The number of alkyl halides is 1. The zero-order chi connectivity index (χ0) is 53.1. The average molecular weight is 1050 g/mol. The number of carbonyl (C=O) groups excluding carboxylic acids is 3. The minimum Gasteiger partial charge on any atom is -0.491 e. The van der Waals surface area contributed by atoms with Gasteiger partial charge in [-0.1, -0.05) is 139 Å². The molecule has 0 saturated carbocycles. The second-order valence-corrected chi connectivity index (χ2v) is 20.6. The Bertz CT molecular complexity index is 1750. The van der Waals surface area contributed by atoms with E-state index in [2.05, 4.69) is 16.0 Å². The first kappa shape index (κ1) is 63.7. The number of unbranched alkanes of at least 4 members (excludes halogenated alkanes) is 13. The van der Waals surface area contributed by atoms with Crippen molar-refractivity contribution in [2.75, 3.05) is 39.6 Å². The van der Waals surface area contributed by atoms with Gasteiger partial charge in [-0.25, -0.2) is 4.79 Å². The predicted octanol–water partition coefficient (Wildman–Crippen LogP) is 8.45. The summed E-state index contributed by atoms with van der Waals surface area (Å²) in [6.45, 7) is 6.02. The highest BCUT2D eigenvalue weighted by atomic mass is 35.5. The molecule has 0 unspecified atom stereocenters. The monoisotopic (exact) mass is 1050 g/mol. The van der Waals surface area contributed by atoms with Crippen LogP contribution in [0.1, 0.15) is 179 Å². The summed E-state index contributed by atoms with van der Waals surface area (Å²) in [6, 6.07) is 15.0. The molecule has 416 valence electrons. The Morgan fingerprint density at radius 2 is 1.27 bits per heavy atom. The lowest BCUT2D eigenvalue weighted by Crippen LogP contribution is -2.41. The number of alkyl carbamates (subject to hydrolysis) is 1. The van der Waals surface area contributed by atoms with Gasteiger partial charge in [0.1, 0.15) is 31.2 Å². The molecule has 0 radical (unpaired) electrons. The van der Waals surface area contributed by atoms with E-state index in [-0.39, 0.29) is 75.6 Å². The lowest BCUT2D eigenvalue weighted by molar-refractivity contribution is -0.147. The Hall–Kier alpha value is -3.58. The van der Waals surface area contributed by atoms with E-state index in [1.165, 1.54) is 38.5 Å². The summed E-state index contributed by atoms with van der Waals surface area (Å²) in [6.07, 6.45) is 17.3. The summed E-state index contributed by atoms with van der Waals surface area (Å²) >= 11 is 6.91. The van der Waals surface area contributed by atoms with E-state index in [1.54, 1.807) is 31.2 Å². The average Bonchev–Trinajstić information content (AvgIpc) is 3.71. The standard InChI is InChI=1S/C56H92ClN3O13/c1-4-52(66)59-45(38-62)41-70-47-33-31-43(32-34-47)50(65)36-58-54(67)49(64)29-23-30-51-53(73-56(2,3)72-51)48(57)28-21-14-11-13-20-27-46(63)26-19-12-9-7-5-6-8-10-15-22-35-69-40-44(37-61)60-55(68)71-39-42-24-17-16-18-25-42/h16-18,24-25,31-34,44-46,48-51,53,61-65H,4-15,19-23,26-30,35-41H2,1-3H3,(H,58,67)(H,59,66)(H,60,68)/t44-,45-,46+,48+,49-,50-,51-,53-/m0/s1. The molecule has 1 saturated heterocycles. The van der Waals surface area contributed by atoms with Crippen LogP contribution >= 0.6 is 11.6 Å². The van der Waals surface area contributed by atoms with Crippen LogP contribution in [0.15, 0.2) is 54.6 Å². The fourth-order valence-electron chi connectivity index (χ4n) is 8.78. The van der Waals surface area contributed by atoms with Crippen molar-refractivity contribution in [2.45, 2.75) is 222 Å². The Morgan fingerprint density at radius 1 is 0.699 bits per heavy atom. The van der Waals surface area contributed by atoms with Crippen molar-refractivity contribution in [1.29, 1.82) is 0 Å². The molecule has 73 heavy (non-hydrogen) atoms. The number of aliphatic hydroxyl groups excluding tert-OH is 5. The summed E-state index contributed by atoms with van der Waals surface area (Å²) in [7, 11) is 0. The van der Waals surface area contributed by atoms with Gasteiger partial charge in [-0.05, 0) is 82.1 Å². The van der Waals surface area contributed by atoms with Crippen molar-refractivity contribution >= 4 is 29.5 Å². The van der Waals surface area contributed by atoms with Crippen molar-refractivity contribution in [3.8, 4) is 5.75 Å². The van der Waals surface area contributed by atoms with Crippen LogP contribution in [-0.2, 0) is 35.1 Å². The number of hydrogen-bond donors (Lipinski definition) is 8. The van der Waals surface area contributed by atoms with E-state index in [9.17, 15) is 39.9 Å². The molecular weight excluding hydrogens is 958 g/mol. The fraction of sp³-hybridized carbons (Fsp3) is 0.732. The molecule has 2 aromatic rings. The molecule has 3 amide bonds. The first-order valence-corrected chi connectivity index (χ1v) is 27.8. The molecule has 8 N–H and O–H groups in total. The van der Waals surface area contributed by atoms with Gasteiger partial charge in [-0.3, -0.25) is 9.59 Å². The third-order valence-corrected chi connectivity index (χ3v) is 13.6. The molecule has 0 aliphatic carbocycles. The lowest BCUT2D eigenvalue weighted by atomic mass is 9.98. The van der Waals surface area contributed by atoms with Crippen molar-refractivity contribution in [3.05, 3.63) is 65.7 Å². The molecule has 3 rings (SSSR count). The van der Waals surface area contributed by atoms with Gasteiger partial charge in [-0.2, -0.15) is 0 Å². The molecule has 1 aliphatic rings. The molecule has 0 aromatic heterocycles. The maximum absolute atomic E-state index is 12.7. The van der Waals surface area contributed by atoms with Gasteiger partial charge in [0.25, 0.3) is 0 Å². The molecule has 1 fully saturated rings. The Morgan fingerprint density at radius 3 is 1.88 bits per heavy atom. The topological polar surface area (TPSA) is 235 Å². The van der Waals surface area contributed by atoms with E-state index in [1.807, 2.05) is 44.2 Å². The van der Waals surface area contributed by atoms with Crippen LogP contribution in [-0.4, -0.2) is 131 Å². The number of amides is 3. The SMILES string of the molecule is CCC(=O)N[C@@H](CO)COc1ccc([C@@H](O)CNC(=O)[C@@H](O)CCC[C@@H]2OC(C)(C)O[C@H]2[C@H](Cl)CCCCCCC[C@H](O)CCCCCCCCCCCCOC[C@H](CO)NC(=O)OCc2ccccc2)cc1. The first-order valence-electron chi connectivity index (χ1n) is 27.3. The molecule has 16 nitrogen and oxygen atoms in total. The van der Waals surface area contributed by atoms with E-state index in [4.69, 9.17) is 35.3 Å². The first-order chi connectivity index (χ1) is 35.2. The number of hydrogen-bond acceptors (Lipinski definition) is 13. The van der Waals surface area contributed by atoms with Gasteiger partial charge in [0.05, 0.1) is 55.6 Å². The molecule has 1 aliphatic heterocycles. The number of benzene rings is 2. The minimum atomic E-state index is -1.25. The maximum atomic E-state index is 12.7. The van der Waals surface area contributed by atoms with Crippen molar-refractivity contribution < 1.29 is 63.6 Å². The number of aliphatic hydroxyl groups is 5. The van der Waals surface area contributed by atoms with Crippen molar-refractivity contribution in [3.63, 3.8) is 0 Å².